The second-order valence-corrected chi connectivity index (χ2v) is 35.2. The summed E-state index contributed by atoms with van der Waals surface area (Å²) in [7, 11) is 1.36. The highest BCUT2D eigenvalue weighted by atomic mass is 32.2. The number of hydrogen-bond donors (Lipinski definition) is 4. The lowest BCUT2D eigenvalue weighted by Gasteiger charge is -2.47. The normalized spacial score (nSPS) is 25.6. The fraction of sp³-hybridized carbons (Fsp3) is 0.663. The van der Waals surface area contributed by atoms with E-state index in [9.17, 15) is 42.9 Å². The summed E-state index contributed by atoms with van der Waals surface area (Å²) in [5, 5.41) is 29.0. The number of carbonyl (C=O) groups excluding carboxylic acids is 1. The predicted octanol–water partition coefficient (Wildman–Crippen LogP) is 15.1. The van der Waals surface area contributed by atoms with Crippen molar-refractivity contribution in [3.8, 4) is 0 Å². The van der Waals surface area contributed by atoms with Crippen molar-refractivity contribution in [1.29, 1.82) is 0 Å². The van der Waals surface area contributed by atoms with Gasteiger partial charge in [-0.1, -0.05) is 128 Å². The highest BCUT2D eigenvalue weighted by Crippen LogP contribution is 2.55. The van der Waals surface area contributed by atoms with Gasteiger partial charge in [0.1, 0.15) is 5.60 Å². The van der Waals surface area contributed by atoms with Gasteiger partial charge in [0.2, 0.25) is 0 Å². The monoisotopic (exact) mass is 1430 g/mol. The molecule has 9 aliphatic rings. The van der Waals surface area contributed by atoms with Gasteiger partial charge in [-0.05, 0) is 252 Å². The number of nitrogens with zero attached hydrogens (tertiary/aromatic N) is 4. The molecule has 6 atom stereocenters. The van der Waals surface area contributed by atoms with Crippen LogP contribution in [-0.4, -0.2) is 190 Å². The molecule has 6 aliphatic carbocycles. The minimum atomic E-state index is -4.02. The van der Waals surface area contributed by atoms with Gasteiger partial charge in [-0.15, -0.1) is 0 Å². The maximum absolute atomic E-state index is 13.4. The molecule has 0 radical (unpaired) electrons. The number of aryl methyl sites for hydroxylation is 1. The Morgan fingerprint density at radius 2 is 0.814 bits per heavy atom. The van der Waals surface area contributed by atoms with E-state index in [1.165, 1.54) is 67.3 Å². The predicted molar refractivity (Wildman–Crippen MR) is 396 cm³/mol. The molecule has 3 saturated heterocycles. The van der Waals surface area contributed by atoms with Gasteiger partial charge in [-0.3, -0.25) is 18.9 Å². The standard InChI is InChI=1S/C28H42N2O5.2C24H35NO3.C7H8O3S/c1-26(2,3)35-25(33)30(23-17-22(23)21-9-6-5-7-10-21)18-27(20-34-4)13-15-29(16-14-27)19-28(24(31)32)11-8-12-28;2*1-28-18-23(11-8-20-16-21(20)19-6-3-2-4-7-19)12-14-25(15-13-23)17-24(22(26)27)9-5-10-24;1-6-2-4-7(5-3-6)11(8,9)10/h5-7,9-10,22-23H,8,11-20H2,1-4H3,(H,31,32);2*2-4,6-7,20-21H,5,8-18H2,1H3,(H,26,27);2-5H,1H3,(H,8,9,10)/t22?,23-;2*20-,21?;/m111./s1. The van der Waals surface area contributed by atoms with E-state index in [1.54, 1.807) is 19.2 Å². The zero-order chi connectivity index (χ0) is 73.0. The van der Waals surface area contributed by atoms with Crippen LogP contribution in [0, 0.1) is 51.2 Å². The fourth-order valence-corrected chi connectivity index (χ4v) is 18.3. The molecule has 18 nitrogen and oxygen atoms in total. The Bertz CT molecular complexity index is 3330. The molecule has 9 fully saturated rings. The molecule has 4 aromatic rings. The third-order valence-corrected chi connectivity index (χ3v) is 26.1. The Morgan fingerprint density at radius 1 is 0.480 bits per heavy atom. The number of benzene rings is 4. The second-order valence-electron chi connectivity index (χ2n) is 33.8. The van der Waals surface area contributed by atoms with Crippen LogP contribution in [0.2, 0.25) is 0 Å². The number of piperidine rings is 3. The molecule has 102 heavy (non-hydrogen) atoms. The molecule has 3 aliphatic heterocycles. The van der Waals surface area contributed by atoms with Crippen LogP contribution >= 0.6 is 0 Å². The first-order valence-corrected chi connectivity index (χ1v) is 39.7. The molecule has 4 aromatic carbocycles. The lowest BCUT2D eigenvalue weighted by molar-refractivity contribution is -0.157. The average molecular weight is 1430 g/mol. The molecular formula is C83H120N4O14S. The van der Waals surface area contributed by atoms with Gasteiger partial charge in [0.25, 0.3) is 10.1 Å². The third kappa shape index (κ3) is 20.6. The minimum Gasteiger partial charge on any atom is -0.481 e. The fourth-order valence-electron chi connectivity index (χ4n) is 17.8. The van der Waals surface area contributed by atoms with Crippen LogP contribution in [-0.2, 0) is 43.4 Å². The van der Waals surface area contributed by atoms with E-state index in [2.05, 4.69) is 99.6 Å². The van der Waals surface area contributed by atoms with Crippen LogP contribution < -0.4 is 0 Å². The largest absolute Gasteiger partial charge is 0.481 e. The average Bonchev–Trinajstić information content (AvgIpc) is 1.72. The van der Waals surface area contributed by atoms with Crippen molar-refractivity contribution in [3.05, 3.63) is 138 Å². The van der Waals surface area contributed by atoms with E-state index >= 15 is 0 Å². The van der Waals surface area contributed by atoms with Crippen molar-refractivity contribution in [2.75, 3.05) is 107 Å². The van der Waals surface area contributed by atoms with Crippen LogP contribution in [0.15, 0.2) is 120 Å². The Kier molecular flexibility index (Phi) is 26.4. The molecule has 3 unspecified atom stereocenters. The summed E-state index contributed by atoms with van der Waals surface area (Å²) in [6, 6.07) is 38.4. The van der Waals surface area contributed by atoms with Crippen molar-refractivity contribution >= 4 is 34.1 Å². The van der Waals surface area contributed by atoms with Crippen molar-refractivity contribution < 1.29 is 66.4 Å². The molecule has 3 heterocycles. The van der Waals surface area contributed by atoms with Crippen LogP contribution in [0.5, 0.6) is 0 Å². The quantitative estimate of drug-likeness (QED) is 0.0387. The topological polar surface area (TPSA) is 233 Å². The molecule has 19 heteroatoms. The summed E-state index contributed by atoms with van der Waals surface area (Å²) >= 11 is 0. The van der Waals surface area contributed by atoms with Crippen molar-refractivity contribution in [2.45, 2.75) is 203 Å². The number of carboxylic acid groups (broad SMARTS) is 3. The molecule has 1 amide bonds. The number of rotatable bonds is 28. The van der Waals surface area contributed by atoms with Crippen molar-refractivity contribution in [3.63, 3.8) is 0 Å². The van der Waals surface area contributed by atoms with E-state index < -0.39 is 49.9 Å². The molecule has 0 bridgehead atoms. The number of methoxy groups -OCH3 is 3. The van der Waals surface area contributed by atoms with Gasteiger partial charge in [-0.2, -0.15) is 8.42 Å². The Morgan fingerprint density at radius 3 is 1.12 bits per heavy atom. The molecular weight excluding hydrogens is 1310 g/mol. The molecule has 6 saturated carbocycles. The van der Waals surface area contributed by atoms with Crippen LogP contribution in [0.3, 0.4) is 0 Å². The van der Waals surface area contributed by atoms with E-state index in [0.29, 0.717) is 25.6 Å². The van der Waals surface area contributed by atoms with E-state index in [1.807, 2.05) is 52.9 Å². The SMILES string of the molecule is COCC1(CC[C@@H]2CC2c2ccccc2)CCN(CC2(C(=O)O)CCC2)CC1.COCC1(CC[C@@H]2CC2c2ccccc2)CCN(CC2(C(=O)O)CCC2)CC1.COCC1(CN(C(=O)OC(C)(C)C)[C@@H]2CC2c2ccccc2)CCN(CC2(C(=O)O)CCC2)CC1.Cc1ccc(S(=O)(=O)O)cc1. The zero-order valence-electron chi connectivity index (χ0n) is 62.3. The molecule has 0 spiro atoms. The smallest absolute Gasteiger partial charge is 0.410 e. The number of likely N-dealkylation sites (tertiary alicyclic amines) is 3. The number of hydrogen-bond acceptors (Lipinski definition) is 13. The third-order valence-electron chi connectivity index (χ3n) is 25.2. The van der Waals surface area contributed by atoms with Gasteiger partial charge in [0, 0.05) is 64.9 Å². The molecule has 0 aromatic heterocycles. The van der Waals surface area contributed by atoms with E-state index in [-0.39, 0.29) is 33.3 Å². The lowest BCUT2D eigenvalue weighted by Crippen LogP contribution is -2.54. The summed E-state index contributed by atoms with van der Waals surface area (Å²) in [5.74, 6) is 1.68. The van der Waals surface area contributed by atoms with Gasteiger partial charge >= 0.3 is 24.0 Å². The molecule has 4 N–H and O–H groups in total. The number of carbonyl (C=O) groups is 4. The summed E-state index contributed by atoms with van der Waals surface area (Å²) in [6.07, 6.45) is 22.8. The van der Waals surface area contributed by atoms with Gasteiger partial charge in [0.15, 0.2) is 0 Å². The van der Waals surface area contributed by atoms with Crippen molar-refractivity contribution in [2.24, 2.45) is 44.3 Å². The highest BCUT2D eigenvalue weighted by Gasteiger charge is 2.53. The van der Waals surface area contributed by atoms with Crippen LogP contribution in [0.4, 0.5) is 4.79 Å². The van der Waals surface area contributed by atoms with Gasteiger partial charge in [-0.25, -0.2) is 4.79 Å². The molecule has 562 valence electrons. The Labute approximate surface area is 608 Å². The maximum Gasteiger partial charge on any atom is 0.410 e. The summed E-state index contributed by atoms with van der Waals surface area (Å²) in [5.41, 5.74) is 3.58. The number of amides is 1. The summed E-state index contributed by atoms with van der Waals surface area (Å²) < 4.78 is 52.4. The first kappa shape index (κ1) is 78.8. The lowest BCUT2D eigenvalue weighted by atomic mass is 9.67. The number of carboxylic acids is 3. The summed E-state index contributed by atoms with van der Waals surface area (Å²) in [6.45, 7) is 18.3. The first-order chi connectivity index (χ1) is 48.7. The van der Waals surface area contributed by atoms with Crippen LogP contribution in [0.25, 0.3) is 0 Å². The van der Waals surface area contributed by atoms with Gasteiger partial charge < -0.3 is 53.9 Å². The zero-order valence-corrected chi connectivity index (χ0v) is 63.1. The highest BCUT2D eigenvalue weighted by molar-refractivity contribution is 7.85. The van der Waals surface area contributed by atoms with Crippen molar-refractivity contribution in [1.82, 2.24) is 19.6 Å². The van der Waals surface area contributed by atoms with Crippen LogP contribution in [0.1, 0.15) is 202 Å². The maximum atomic E-state index is 13.4. The van der Waals surface area contributed by atoms with E-state index in [0.717, 1.165) is 198 Å². The minimum absolute atomic E-state index is 0.0666. The molecule has 13 rings (SSSR count). The summed E-state index contributed by atoms with van der Waals surface area (Å²) in [4.78, 5) is 57.7. The Balaban J connectivity index is 0.000000154. The number of aliphatic carboxylic acids is 3. The van der Waals surface area contributed by atoms with Gasteiger partial charge in [0.05, 0.1) is 41.0 Å². The first-order valence-electron chi connectivity index (χ1n) is 38.2. The number of ether oxygens (including phenoxy) is 4. The van der Waals surface area contributed by atoms with E-state index in [4.69, 9.17) is 23.5 Å². The second kappa shape index (κ2) is 34.2. The Hall–Kier alpha value is -5.77.